The van der Waals surface area contributed by atoms with Gasteiger partial charge in [0.05, 0.1) is 18.0 Å². The number of halogens is 2. The zero-order chi connectivity index (χ0) is 10.8. The first-order valence-electron chi connectivity index (χ1n) is 4.41. The van der Waals surface area contributed by atoms with Crippen LogP contribution in [0.2, 0.25) is 0 Å². The normalized spacial score (nSPS) is 10.3. The molecule has 1 aromatic heterocycles. The van der Waals surface area contributed by atoms with Crippen LogP contribution < -0.4 is 0 Å². The van der Waals surface area contributed by atoms with Crippen molar-refractivity contribution in [3.05, 3.63) is 47.8 Å². The highest BCUT2D eigenvalue weighted by atomic mass is 19.1. The van der Waals surface area contributed by atoms with Crippen molar-refractivity contribution in [2.24, 2.45) is 0 Å². The number of nitrogens with zero attached hydrogens (tertiary/aromatic N) is 2. The zero-order valence-electron chi connectivity index (χ0n) is 8.04. The minimum atomic E-state index is -0.536. The summed E-state index contributed by atoms with van der Waals surface area (Å²) in [6, 6.07) is 4.73. The molecule has 0 spiro atoms. The van der Waals surface area contributed by atoms with E-state index in [9.17, 15) is 8.78 Å². The third kappa shape index (κ3) is 1.98. The predicted molar refractivity (Wildman–Crippen MR) is 52.1 cm³/mol. The van der Waals surface area contributed by atoms with E-state index in [1.165, 1.54) is 6.07 Å². The van der Waals surface area contributed by atoms with E-state index in [1.807, 2.05) is 0 Å². The summed E-state index contributed by atoms with van der Waals surface area (Å²) in [6.07, 6.45) is 2.03. The van der Waals surface area contributed by atoms with Crippen molar-refractivity contribution in [3.8, 4) is 11.4 Å². The number of aryl methyl sites for hydroxylation is 1. The standard InChI is InChI=1S/C11H8F2N2/c1-7-2-3-9(10(13)4-7)11-14-5-8(12)6-15-11/h2-6H,1H3. The Morgan fingerprint density at radius 1 is 1.07 bits per heavy atom. The summed E-state index contributed by atoms with van der Waals surface area (Å²) in [5.41, 5.74) is 1.10. The van der Waals surface area contributed by atoms with Crippen LogP contribution in [0, 0.1) is 18.6 Å². The van der Waals surface area contributed by atoms with Crippen molar-refractivity contribution in [2.75, 3.05) is 0 Å². The Hall–Kier alpha value is -1.84. The molecule has 0 aliphatic heterocycles. The fourth-order valence-corrected chi connectivity index (χ4v) is 1.25. The van der Waals surface area contributed by atoms with Gasteiger partial charge in [0.25, 0.3) is 0 Å². The van der Waals surface area contributed by atoms with Crippen molar-refractivity contribution >= 4 is 0 Å². The van der Waals surface area contributed by atoms with Crippen molar-refractivity contribution in [1.82, 2.24) is 9.97 Å². The van der Waals surface area contributed by atoms with Crippen LogP contribution in [0.25, 0.3) is 11.4 Å². The maximum absolute atomic E-state index is 13.5. The molecular weight excluding hydrogens is 198 g/mol. The number of hydrogen-bond donors (Lipinski definition) is 0. The lowest BCUT2D eigenvalue weighted by Crippen LogP contribution is -1.93. The molecule has 76 valence electrons. The average Bonchev–Trinajstić information content (AvgIpc) is 2.20. The molecule has 0 bridgehead atoms. The quantitative estimate of drug-likeness (QED) is 0.716. The van der Waals surface area contributed by atoms with Crippen LogP contribution in [0.3, 0.4) is 0 Å². The molecule has 0 saturated heterocycles. The summed E-state index contributed by atoms with van der Waals surface area (Å²) in [4.78, 5) is 7.43. The third-order valence-electron chi connectivity index (χ3n) is 1.99. The van der Waals surface area contributed by atoms with E-state index in [0.717, 1.165) is 18.0 Å². The Balaban J connectivity index is 2.49. The van der Waals surface area contributed by atoms with Crippen molar-refractivity contribution in [2.45, 2.75) is 6.92 Å². The zero-order valence-corrected chi connectivity index (χ0v) is 8.04. The molecule has 0 fully saturated rings. The lowest BCUT2D eigenvalue weighted by molar-refractivity contribution is 0.611. The number of hydrogen-bond acceptors (Lipinski definition) is 2. The summed E-state index contributed by atoms with van der Waals surface area (Å²) < 4.78 is 26.0. The average molecular weight is 206 g/mol. The van der Waals surface area contributed by atoms with Crippen LogP contribution in [-0.4, -0.2) is 9.97 Å². The summed E-state index contributed by atoms with van der Waals surface area (Å²) in [5.74, 6) is -0.748. The van der Waals surface area contributed by atoms with Crippen LogP contribution in [-0.2, 0) is 0 Å². The first kappa shape index (κ1) is 9.71. The van der Waals surface area contributed by atoms with Crippen LogP contribution in [0.4, 0.5) is 8.78 Å². The first-order chi connectivity index (χ1) is 7.16. The summed E-state index contributed by atoms with van der Waals surface area (Å²) in [6.45, 7) is 1.79. The van der Waals surface area contributed by atoms with Gasteiger partial charge in [0.2, 0.25) is 0 Å². The molecule has 1 aromatic carbocycles. The van der Waals surface area contributed by atoms with Gasteiger partial charge in [0, 0.05) is 0 Å². The largest absolute Gasteiger partial charge is 0.233 e. The molecule has 2 nitrogen and oxygen atoms in total. The van der Waals surface area contributed by atoms with E-state index >= 15 is 0 Å². The molecule has 0 radical (unpaired) electrons. The Morgan fingerprint density at radius 2 is 1.73 bits per heavy atom. The fourth-order valence-electron chi connectivity index (χ4n) is 1.25. The molecule has 2 aromatic rings. The summed E-state index contributed by atoms with van der Waals surface area (Å²) in [7, 11) is 0. The maximum Gasteiger partial charge on any atom is 0.162 e. The number of rotatable bonds is 1. The van der Waals surface area contributed by atoms with E-state index in [4.69, 9.17) is 0 Å². The Kier molecular flexibility index (Phi) is 2.41. The molecular formula is C11H8F2N2. The summed E-state index contributed by atoms with van der Waals surface area (Å²) >= 11 is 0. The highest BCUT2D eigenvalue weighted by Crippen LogP contribution is 2.19. The van der Waals surface area contributed by atoms with Gasteiger partial charge in [-0.1, -0.05) is 6.07 Å². The van der Waals surface area contributed by atoms with Crippen molar-refractivity contribution < 1.29 is 8.78 Å². The smallest absolute Gasteiger partial charge is 0.162 e. The van der Waals surface area contributed by atoms with Gasteiger partial charge in [-0.25, -0.2) is 18.7 Å². The summed E-state index contributed by atoms with van der Waals surface area (Å²) in [5, 5.41) is 0. The van der Waals surface area contributed by atoms with Gasteiger partial charge in [0.1, 0.15) is 5.82 Å². The highest BCUT2D eigenvalue weighted by Gasteiger charge is 2.07. The van der Waals surface area contributed by atoms with E-state index in [-0.39, 0.29) is 11.4 Å². The maximum atomic E-state index is 13.5. The van der Waals surface area contributed by atoms with E-state index in [0.29, 0.717) is 0 Å². The second-order valence-corrected chi connectivity index (χ2v) is 3.21. The fraction of sp³-hybridized carbons (Fsp3) is 0.0909. The van der Waals surface area contributed by atoms with Crippen LogP contribution in [0.15, 0.2) is 30.6 Å². The Bertz CT molecular complexity index is 480. The molecule has 0 saturated carbocycles. The molecule has 0 aliphatic carbocycles. The topological polar surface area (TPSA) is 25.8 Å². The minimum absolute atomic E-state index is 0.189. The van der Waals surface area contributed by atoms with E-state index in [1.54, 1.807) is 19.1 Å². The monoisotopic (exact) mass is 206 g/mol. The van der Waals surface area contributed by atoms with Crippen LogP contribution in [0.5, 0.6) is 0 Å². The second-order valence-electron chi connectivity index (χ2n) is 3.21. The molecule has 4 heteroatoms. The minimum Gasteiger partial charge on any atom is -0.233 e. The SMILES string of the molecule is Cc1ccc(-c2ncc(F)cn2)c(F)c1. The van der Waals surface area contributed by atoms with Gasteiger partial charge in [-0.2, -0.15) is 0 Å². The first-order valence-corrected chi connectivity index (χ1v) is 4.41. The van der Waals surface area contributed by atoms with Crippen molar-refractivity contribution in [1.29, 1.82) is 0 Å². The van der Waals surface area contributed by atoms with Gasteiger partial charge in [-0.15, -0.1) is 0 Å². The van der Waals surface area contributed by atoms with Crippen LogP contribution in [0.1, 0.15) is 5.56 Å². The molecule has 1 heterocycles. The molecule has 2 rings (SSSR count). The van der Waals surface area contributed by atoms with E-state index < -0.39 is 11.6 Å². The second kappa shape index (κ2) is 3.73. The molecule has 0 N–H and O–H groups in total. The predicted octanol–water partition coefficient (Wildman–Crippen LogP) is 2.73. The van der Waals surface area contributed by atoms with E-state index in [2.05, 4.69) is 9.97 Å². The Morgan fingerprint density at radius 3 is 2.33 bits per heavy atom. The lowest BCUT2D eigenvalue weighted by atomic mass is 10.1. The molecule has 0 aliphatic rings. The van der Waals surface area contributed by atoms with Crippen LogP contribution >= 0.6 is 0 Å². The molecule has 0 atom stereocenters. The van der Waals surface area contributed by atoms with Gasteiger partial charge in [0.15, 0.2) is 11.6 Å². The van der Waals surface area contributed by atoms with Gasteiger partial charge in [-0.3, -0.25) is 0 Å². The van der Waals surface area contributed by atoms with Gasteiger partial charge in [-0.05, 0) is 24.6 Å². The van der Waals surface area contributed by atoms with Gasteiger partial charge >= 0.3 is 0 Å². The Labute approximate surface area is 85.6 Å². The molecule has 0 amide bonds. The number of aromatic nitrogens is 2. The lowest BCUT2D eigenvalue weighted by Gasteiger charge is -2.02. The molecule has 0 unspecified atom stereocenters. The van der Waals surface area contributed by atoms with Gasteiger partial charge < -0.3 is 0 Å². The molecule has 15 heavy (non-hydrogen) atoms. The number of benzene rings is 1. The third-order valence-corrected chi connectivity index (χ3v) is 1.99. The highest BCUT2D eigenvalue weighted by molar-refractivity contribution is 5.55. The van der Waals surface area contributed by atoms with Crippen molar-refractivity contribution in [3.63, 3.8) is 0 Å².